The van der Waals surface area contributed by atoms with Crippen LogP contribution in [0, 0.1) is 0 Å². The van der Waals surface area contributed by atoms with E-state index >= 15 is 0 Å². The van der Waals surface area contributed by atoms with Crippen LogP contribution in [0.1, 0.15) is 10.5 Å². The monoisotopic (exact) mass is 197 g/mol. The van der Waals surface area contributed by atoms with Crippen molar-refractivity contribution in [3.63, 3.8) is 0 Å². The lowest BCUT2D eigenvalue weighted by Gasteiger charge is -1.96. The number of carboxylic acid groups (broad SMARTS) is 1. The standard InChI is InChI=1S/C7H4ClN3O2/c8-4-3-1-2-9-6(3)11-10-5(4)7(12)13/h1-2H,(H,9,11)(H,12,13). The molecular weight excluding hydrogens is 194 g/mol. The highest BCUT2D eigenvalue weighted by Crippen LogP contribution is 2.22. The maximum absolute atomic E-state index is 10.6. The molecule has 2 N–H and O–H groups in total. The van der Waals surface area contributed by atoms with Gasteiger partial charge in [-0.3, -0.25) is 0 Å². The molecule has 0 bridgehead atoms. The molecule has 0 unspecified atom stereocenters. The molecule has 0 aliphatic carbocycles. The normalized spacial score (nSPS) is 10.5. The Labute approximate surface area is 77.4 Å². The van der Waals surface area contributed by atoms with Crippen molar-refractivity contribution >= 4 is 28.6 Å². The van der Waals surface area contributed by atoms with Crippen LogP contribution in [-0.4, -0.2) is 26.3 Å². The zero-order valence-electron chi connectivity index (χ0n) is 6.28. The summed E-state index contributed by atoms with van der Waals surface area (Å²) in [7, 11) is 0. The first-order valence-electron chi connectivity index (χ1n) is 3.42. The molecule has 0 aromatic carbocycles. The average molecular weight is 198 g/mol. The third-order valence-electron chi connectivity index (χ3n) is 1.62. The fourth-order valence-corrected chi connectivity index (χ4v) is 1.30. The van der Waals surface area contributed by atoms with Gasteiger partial charge in [0.15, 0.2) is 11.3 Å². The molecule has 66 valence electrons. The van der Waals surface area contributed by atoms with Gasteiger partial charge >= 0.3 is 5.97 Å². The summed E-state index contributed by atoms with van der Waals surface area (Å²) < 4.78 is 0. The first-order valence-corrected chi connectivity index (χ1v) is 3.80. The fraction of sp³-hybridized carbons (Fsp3) is 0. The lowest BCUT2D eigenvalue weighted by Crippen LogP contribution is -2.03. The third-order valence-corrected chi connectivity index (χ3v) is 2.00. The molecule has 13 heavy (non-hydrogen) atoms. The van der Waals surface area contributed by atoms with E-state index < -0.39 is 5.97 Å². The van der Waals surface area contributed by atoms with Crippen LogP contribution in [0.15, 0.2) is 12.3 Å². The maximum atomic E-state index is 10.6. The number of H-pyrrole nitrogens is 1. The number of hydrogen-bond donors (Lipinski definition) is 2. The van der Waals surface area contributed by atoms with Crippen molar-refractivity contribution in [3.05, 3.63) is 23.0 Å². The minimum Gasteiger partial charge on any atom is -0.476 e. The minimum atomic E-state index is -1.18. The Bertz CT molecular complexity index is 480. The minimum absolute atomic E-state index is 0.110. The van der Waals surface area contributed by atoms with Crippen LogP contribution >= 0.6 is 11.6 Å². The molecule has 2 rings (SSSR count). The molecule has 5 nitrogen and oxygen atoms in total. The predicted molar refractivity (Wildman–Crippen MR) is 45.9 cm³/mol. The van der Waals surface area contributed by atoms with E-state index in [1.54, 1.807) is 12.3 Å². The molecule has 0 fully saturated rings. The largest absolute Gasteiger partial charge is 0.476 e. The van der Waals surface area contributed by atoms with Crippen molar-refractivity contribution in [1.29, 1.82) is 0 Å². The van der Waals surface area contributed by atoms with Crippen molar-refractivity contribution in [2.45, 2.75) is 0 Å². The van der Waals surface area contributed by atoms with E-state index in [0.29, 0.717) is 11.0 Å². The second-order valence-corrected chi connectivity index (χ2v) is 2.79. The molecule has 0 radical (unpaired) electrons. The molecule has 0 aliphatic heterocycles. The third kappa shape index (κ3) is 1.13. The second-order valence-electron chi connectivity index (χ2n) is 2.41. The van der Waals surface area contributed by atoms with Gasteiger partial charge in [-0.25, -0.2) is 4.79 Å². The summed E-state index contributed by atoms with van der Waals surface area (Å²) in [5, 5.41) is 16.5. The molecular formula is C7H4ClN3O2. The number of carbonyl (C=O) groups is 1. The van der Waals surface area contributed by atoms with Crippen molar-refractivity contribution in [2.24, 2.45) is 0 Å². The fourth-order valence-electron chi connectivity index (χ4n) is 1.03. The summed E-state index contributed by atoms with van der Waals surface area (Å²) in [5.74, 6) is -1.18. The van der Waals surface area contributed by atoms with Crippen LogP contribution in [0.4, 0.5) is 0 Å². The number of hydrogen-bond acceptors (Lipinski definition) is 3. The quantitative estimate of drug-likeness (QED) is 0.723. The molecule has 0 spiro atoms. The predicted octanol–water partition coefficient (Wildman–Crippen LogP) is 1.31. The molecule has 0 atom stereocenters. The summed E-state index contributed by atoms with van der Waals surface area (Å²) in [4.78, 5) is 13.4. The first-order chi connectivity index (χ1) is 6.20. The van der Waals surface area contributed by atoms with Crippen molar-refractivity contribution in [2.75, 3.05) is 0 Å². The molecule has 0 saturated heterocycles. The summed E-state index contributed by atoms with van der Waals surface area (Å²) in [6.45, 7) is 0. The van der Waals surface area contributed by atoms with Gasteiger partial charge in [0.2, 0.25) is 0 Å². The van der Waals surface area contributed by atoms with E-state index in [2.05, 4.69) is 15.2 Å². The van der Waals surface area contributed by atoms with Gasteiger partial charge in [0.1, 0.15) is 0 Å². The van der Waals surface area contributed by atoms with Crippen LogP contribution in [0.25, 0.3) is 11.0 Å². The number of nitrogens with one attached hydrogen (secondary N) is 1. The molecule has 2 heterocycles. The Morgan fingerprint density at radius 2 is 2.31 bits per heavy atom. The molecule has 0 amide bonds. The van der Waals surface area contributed by atoms with Crippen LogP contribution in [0.2, 0.25) is 5.02 Å². The lowest BCUT2D eigenvalue weighted by molar-refractivity contribution is 0.0689. The zero-order valence-corrected chi connectivity index (χ0v) is 7.04. The maximum Gasteiger partial charge on any atom is 0.358 e. The number of rotatable bonds is 1. The number of nitrogens with zero attached hydrogens (tertiary/aromatic N) is 2. The molecule has 2 aromatic rings. The Balaban J connectivity index is 2.80. The Hall–Kier alpha value is -1.62. The summed E-state index contributed by atoms with van der Waals surface area (Å²) in [6.07, 6.45) is 1.62. The highest BCUT2D eigenvalue weighted by molar-refractivity contribution is 6.37. The van der Waals surface area contributed by atoms with Gasteiger partial charge < -0.3 is 10.1 Å². The van der Waals surface area contributed by atoms with Gasteiger partial charge in [0.05, 0.1) is 5.02 Å². The van der Waals surface area contributed by atoms with Crippen LogP contribution in [-0.2, 0) is 0 Å². The van der Waals surface area contributed by atoms with Gasteiger partial charge in [-0.15, -0.1) is 10.2 Å². The lowest BCUT2D eigenvalue weighted by atomic mass is 10.3. The summed E-state index contributed by atoms with van der Waals surface area (Å²) in [5.41, 5.74) is 0.253. The van der Waals surface area contributed by atoms with Gasteiger partial charge in [-0.2, -0.15) is 0 Å². The second kappa shape index (κ2) is 2.70. The van der Waals surface area contributed by atoms with Gasteiger partial charge in [-0.05, 0) is 6.07 Å². The van der Waals surface area contributed by atoms with Gasteiger partial charge in [0, 0.05) is 11.6 Å². The SMILES string of the molecule is O=C(O)c1nnc2[nH]ccc2c1Cl. The van der Waals surface area contributed by atoms with E-state index in [4.69, 9.17) is 16.7 Å². The van der Waals surface area contributed by atoms with Crippen molar-refractivity contribution < 1.29 is 9.90 Å². The van der Waals surface area contributed by atoms with E-state index in [0.717, 1.165) is 0 Å². The van der Waals surface area contributed by atoms with Crippen molar-refractivity contribution in [3.8, 4) is 0 Å². The van der Waals surface area contributed by atoms with Gasteiger partial charge in [0.25, 0.3) is 0 Å². The Kier molecular flexibility index (Phi) is 1.66. The van der Waals surface area contributed by atoms with E-state index in [-0.39, 0.29) is 10.7 Å². The van der Waals surface area contributed by atoms with E-state index in [1.165, 1.54) is 0 Å². The van der Waals surface area contributed by atoms with Crippen LogP contribution < -0.4 is 0 Å². The zero-order chi connectivity index (χ0) is 9.42. The van der Waals surface area contributed by atoms with E-state index in [9.17, 15) is 4.79 Å². The number of aromatic nitrogens is 3. The van der Waals surface area contributed by atoms with Gasteiger partial charge in [-0.1, -0.05) is 11.6 Å². The van der Waals surface area contributed by atoms with Crippen molar-refractivity contribution in [1.82, 2.24) is 15.2 Å². The number of halogens is 1. The Morgan fingerprint density at radius 1 is 1.54 bits per heavy atom. The molecule has 0 aliphatic rings. The highest BCUT2D eigenvalue weighted by Gasteiger charge is 2.14. The average Bonchev–Trinajstić information content (AvgIpc) is 2.52. The molecule has 2 aromatic heterocycles. The van der Waals surface area contributed by atoms with Crippen LogP contribution in [0.5, 0.6) is 0 Å². The summed E-state index contributed by atoms with van der Waals surface area (Å²) in [6, 6.07) is 1.65. The topological polar surface area (TPSA) is 78.9 Å². The number of aromatic amines is 1. The smallest absolute Gasteiger partial charge is 0.358 e. The molecule has 0 saturated carbocycles. The summed E-state index contributed by atoms with van der Waals surface area (Å²) >= 11 is 5.77. The highest BCUT2D eigenvalue weighted by atomic mass is 35.5. The number of carboxylic acids is 1. The Morgan fingerprint density at radius 3 is 3.00 bits per heavy atom. The first kappa shape index (κ1) is 8.00. The number of aromatic carboxylic acids is 1. The van der Waals surface area contributed by atoms with Crippen LogP contribution in [0.3, 0.4) is 0 Å². The molecule has 6 heteroatoms. The van der Waals surface area contributed by atoms with E-state index in [1.807, 2.05) is 0 Å². The number of fused-ring (bicyclic) bond motifs is 1.